The van der Waals surface area contributed by atoms with Gasteiger partial charge in [-0.1, -0.05) is 30.3 Å². The molecule has 198 valence electrons. The van der Waals surface area contributed by atoms with Gasteiger partial charge >= 0.3 is 0 Å². The summed E-state index contributed by atoms with van der Waals surface area (Å²) in [5.41, 5.74) is 5.80. The number of furan rings is 1. The fraction of sp³-hybridized carbons (Fsp3) is 0.355. The lowest BCUT2D eigenvalue weighted by atomic mass is 10.0. The van der Waals surface area contributed by atoms with Gasteiger partial charge in [-0.05, 0) is 68.4 Å². The van der Waals surface area contributed by atoms with Gasteiger partial charge in [0.25, 0.3) is 0 Å². The highest BCUT2D eigenvalue weighted by Gasteiger charge is 2.37. The van der Waals surface area contributed by atoms with Crippen molar-refractivity contribution in [3.8, 4) is 22.5 Å². The van der Waals surface area contributed by atoms with Crippen LogP contribution >= 0.6 is 0 Å². The van der Waals surface area contributed by atoms with Gasteiger partial charge < -0.3 is 19.2 Å². The van der Waals surface area contributed by atoms with Crippen LogP contribution in [0.1, 0.15) is 33.1 Å². The average Bonchev–Trinajstić information content (AvgIpc) is 3.33. The minimum Gasteiger partial charge on any atom is -0.464 e. The third kappa shape index (κ3) is 4.54. The number of nitrogens with zero attached hydrogens (tertiary/aromatic N) is 5. The number of imidazole rings is 1. The van der Waals surface area contributed by atoms with Crippen LogP contribution in [0, 0.1) is 11.8 Å². The van der Waals surface area contributed by atoms with Gasteiger partial charge in [0.15, 0.2) is 17.0 Å². The molecule has 1 amide bonds. The van der Waals surface area contributed by atoms with Crippen molar-refractivity contribution in [2.24, 2.45) is 11.8 Å². The van der Waals surface area contributed by atoms with Crippen molar-refractivity contribution in [1.29, 1.82) is 0 Å². The summed E-state index contributed by atoms with van der Waals surface area (Å²) in [5.74, 6) is 2.58. The fourth-order valence-electron chi connectivity index (χ4n) is 5.70. The number of carbonyl (C=O) groups is 1. The quantitative estimate of drug-likeness (QED) is 0.284. The topological polar surface area (TPSA) is 89.1 Å². The zero-order valence-electron chi connectivity index (χ0n) is 22.3. The smallest absolute Gasteiger partial charge is 0.225 e. The normalized spacial score (nSPS) is 17.5. The number of anilines is 1. The maximum absolute atomic E-state index is 12.7. The molecule has 2 aromatic carbocycles. The number of fused-ring (bicyclic) bond motifs is 2. The molecule has 3 aromatic heterocycles. The van der Waals surface area contributed by atoms with Crippen LogP contribution in [0.2, 0.25) is 0 Å². The van der Waals surface area contributed by atoms with Crippen molar-refractivity contribution in [2.45, 2.75) is 45.7 Å². The molecule has 39 heavy (non-hydrogen) atoms. The van der Waals surface area contributed by atoms with Crippen molar-refractivity contribution < 1.29 is 9.21 Å². The molecule has 7 rings (SSSR count). The van der Waals surface area contributed by atoms with Gasteiger partial charge in [0.2, 0.25) is 5.91 Å². The second kappa shape index (κ2) is 9.52. The summed E-state index contributed by atoms with van der Waals surface area (Å²) in [5, 5.41) is 4.52. The fourth-order valence-corrected chi connectivity index (χ4v) is 5.70. The Bertz CT molecular complexity index is 1660. The molecule has 1 aliphatic carbocycles. The Morgan fingerprint density at radius 1 is 1.03 bits per heavy atom. The van der Waals surface area contributed by atoms with Crippen LogP contribution < -0.4 is 5.32 Å². The number of likely N-dealkylation sites (tertiary alicyclic amines) is 1. The van der Waals surface area contributed by atoms with Gasteiger partial charge in [-0.15, -0.1) is 0 Å². The summed E-state index contributed by atoms with van der Waals surface area (Å²) in [6.45, 7) is 6.58. The zero-order valence-corrected chi connectivity index (χ0v) is 22.3. The Balaban J connectivity index is 1.24. The molecule has 8 heteroatoms. The molecule has 0 bridgehead atoms. The molecule has 4 heterocycles. The second-order valence-electron chi connectivity index (χ2n) is 11.2. The predicted octanol–water partition coefficient (Wildman–Crippen LogP) is 5.99. The van der Waals surface area contributed by atoms with E-state index >= 15 is 0 Å². The molecule has 1 saturated heterocycles. The minimum atomic E-state index is 0.223. The van der Waals surface area contributed by atoms with Gasteiger partial charge in [-0.2, -0.15) is 0 Å². The molecule has 2 fully saturated rings. The van der Waals surface area contributed by atoms with Crippen molar-refractivity contribution in [1.82, 2.24) is 24.4 Å². The van der Waals surface area contributed by atoms with Crippen LogP contribution in [-0.4, -0.2) is 49.5 Å². The summed E-state index contributed by atoms with van der Waals surface area (Å²) >= 11 is 0. The Morgan fingerprint density at radius 3 is 2.62 bits per heavy atom. The maximum Gasteiger partial charge on any atom is 0.225 e. The lowest BCUT2D eigenvalue weighted by Gasteiger charge is -2.17. The predicted molar refractivity (Wildman–Crippen MR) is 152 cm³/mol. The number of benzene rings is 2. The largest absolute Gasteiger partial charge is 0.464 e. The number of hydrogen-bond acceptors (Lipinski definition) is 6. The minimum absolute atomic E-state index is 0.223. The Kier molecular flexibility index (Phi) is 5.83. The van der Waals surface area contributed by atoms with Gasteiger partial charge in [-0.3, -0.25) is 4.79 Å². The molecule has 8 nitrogen and oxygen atoms in total. The standard InChI is InChI=1S/C31H32N6O2/c1-19(2)34-28-27-30(33-18-32-28)37(17-20-11-13-36(16-20)31(38)23-7-8-23)29(35-27)22-5-3-21(4-6-22)24-9-10-26-25(15-24)12-14-39-26/h3-6,9-10,12,14-15,18-20,23H,7-8,11,13,16-17H2,1-2H3,(H,32,33,34)/t20-/m0/s1. The van der Waals surface area contributed by atoms with E-state index in [1.807, 2.05) is 12.1 Å². The van der Waals surface area contributed by atoms with E-state index < -0.39 is 0 Å². The van der Waals surface area contributed by atoms with Crippen molar-refractivity contribution in [3.63, 3.8) is 0 Å². The van der Waals surface area contributed by atoms with E-state index in [4.69, 9.17) is 9.40 Å². The average molecular weight is 521 g/mol. The highest BCUT2D eigenvalue weighted by Crippen LogP contribution is 2.35. The molecule has 0 radical (unpaired) electrons. The molecule has 1 saturated carbocycles. The van der Waals surface area contributed by atoms with Crippen LogP contribution in [-0.2, 0) is 11.3 Å². The summed E-state index contributed by atoms with van der Waals surface area (Å²) in [7, 11) is 0. The van der Waals surface area contributed by atoms with E-state index in [9.17, 15) is 4.79 Å². The summed E-state index contributed by atoms with van der Waals surface area (Å²) < 4.78 is 7.73. The summed E-state index contributed by atoms with van der Waals surface area (Å²) in [6, 6.07) is 17.0. The van der Waals surface area contributed by atoms with Crippen molar-refractivity contribution >= 4 is 33.9 Å². The lowest BCUT2D eigenvalue weighted by molar-refractivity contribution is -0.131. The van der Waals surface area contributed by atoms with E-state index in [2.05, 4.69) is 75.0 Å². The third-order valence-corrected chi connectivity index (χ3v) is 7.85. The lowest BCUT2D eigenvalue weighted by Crippen LogP contribution is -2.30. The number of nitrogens with one attached hydrogen (secondary N) is 1. The SMILES string of the molecule is CC(C)Nc1ncnc2c1nc(-c1ccc(-c3ccc4occc4c3)cc1)n2C[C@H]1CCN(C(=O)C2CC2)C1. The molecule has 1 aliphatic heterocycles. The molecular weight excluding hydrogens is 488 g/mol. The van der Waals surface area contributed by atoms with Crippen LogP contribution in [0.3, 0.4) is 0 Å². The van der Waals surface area contributed by atoms with E-state index in [-0.39, 0.29) is 12.0 Å². The van der Waals surface area contributed by atoms with E-state index in [0.717, 1.165) is 89.4 Å². The number of amides is 1. The molecule has 0 spiro atoms. The van der Waals surface area contributed by atoms with Gasteiger partial charge in [0, 0.05) is 42.5 Å². The highest BCUT2D eigenvalue weighted by molar-refractivity contribution is 5.87. The first kappa shape index (κ1) is 23.9. The van der Waals surface area contributed by atoms with E-state index in [1.54, 1.807) is 12.6 Å². The van der Waals surface area contributed by atoms with Gasteiger partial charge in [-0.25, -0.2) is 15.0 Å². The molecule has 5 aromatic rings. The van der Waals surface area contributed by atoms with E-state index in [0.29, 0.717) is 11.8 Å². The Labute approximate surface area is 227 Å². The third-order valence-electron chi connectivity index (χ3n) is 7.85. The van der Waals surface area contributed by atoms with Crippen LogP contribution in [0.4, 0.5) is 5.82 Å². The number of aromatic nitrogens is 4. The first-order valence-electron chi connectivity index (χ1n) is 13.9. The Hall–Kier alpha value is -4.20. The Morgan fingerprint density at radius 2 is 1.82 bits per heavy atom. The monoisotopic (exact) mass is 520 g/mol. The van der Waals surface area contributed by atoms with Gasteiger partial charge in [0.05, 0.1) is 6.26 Å². The summed E-state index contributed by atoms with van der Waals surface area (Å²) in [6.07, 6.45) is 6.42. The van der Waals surface area contributed by atoms with Crippen LogP contribution in [0.25, 0.3) is 44.6 Å². The molecule has 2 aliphatic rings. The first-order chi connectivity index (χ1) is 19.0. The maximum atomic E-state index is 12.7. The van der Waals surface area contributed by atoms with Crippen LogP contribution in [0.15, 0.2) is 65.5 Å². The molecule has 0 unspecified atom stereocenters. The second-order valence-corrected chi connectivity index (χ2v) is 11.2. The molecular formula is C31H32N6O2. The van der Waals surface area contributed by atoms with Crippen LogP contribution in [0.5, 0.6) is 0 Å². The number of rotatable bonds is 7. The van der Waals surface area contributed by atoms with Gasteiger partial charge in [0.1, 0.15) is 17.7 Å². The zero-order chi connectivity index (χ0) is 26.5. The highest BCUT2D eigenvalue weighted by atomic mass is 16.3. The van der Waals surface area contributed by atoms with Crippen molar-refractivity contribution in [3.05, 3.63) is 61.1 Å². The van der Waals surface area contributed by atoms with Crippen molar-refractivity contribution in [2.75, 3.05) is 18.4 Å². The number of carbonyl (C=O) groups excluding carboxylic acids is 1. The first-order valence-corrected chi connectivity index (χ1v) is 13.9. The summed E-state index contributed by atoms with van der Waals surface area (Å²) in [4.78, 5) is 29.0. The number of hydrogen-bond donors (Lipinski definition) is 1. The molecule has 1 N–H and O–H groups in total. The van der Waals surface area contributed by atoms with E-state index in [1.165, 1.54) is 0 Å². The molecule has 1 atom stereocenters.